The monoisotopic (exact) mass is 391 g/mol. The summed E-state index contributed by atoms with van der Waals surface area (Å²) < 4.78 is 5.69. The molecule has 2 rings (SSSR count). The fourth-order valence-corrected chi connectivity index (χ4v) is 3.09. The van der Waals surface area contributed by atoms with Gasteiger partial charge in [0.1, 0.15) is 17.4 Å². The highest BCUT2D eigenvalue weighted by atomic mass is 16.5. The van der Waals surface area contributed by atoms with E-state index in [1.165, 1.54) is 0 Å². The first kappa shape index (κ1) is 22.0. The number of ether oxygens (including phenoxy) is 1. The molecule has 0 aromatic heterocycles. The third kappa shape index (κ3) is 5.86. The molecule has 0 bridgehead atoms. The molecule has 0 fully saturated rings. The lowest BCUT2D eigenvalue weighted by molar-refractivity contribution is -0.117. The molecule has 0 radical (unpaired) electrons. The highest BCUT2D eigenvalue weighted by Gasteiger charge is 2.18. The first-order valence-electron chi connectivity index (χ1n) is 9.89. The number of benzene rings is 2. The third-order valence-corrected chi connectivity index (χ3v) is 4.60. The van der Waals surface area contributed by atoms with E-state index in [4.69, 9.17) is 4.74 Å². The number of rotatable bonds is 8. The average Bonchev–Trinajstić information content (AvgIpc) is 2.70. The van der Waals surface area contributed by atoms with Gasteiger partial charge in [-0.3, -0.25) is 4.79 Å². The number of nitriles is 1. The lowest BCUT2D eigenvalue weighted by atomic mass is 10.0. The SMILES string of the molecule is CCOc1ccc(C)cc1C(C)NC(=O)/C(C#N)=C\N(CC)c1cccc(C)c1. The van der Waals surface area contributed by atoms with Crippen molar-refractivity contribution in [2.75, 3.05) is 18.1 Å². The van der Waals surface area contributed by atoms with Gasteiger partial charge in [-0.25, -0.2) is 0 Å². The number of anilines is 1. The second-order valence-electron chi connectivity index (χ2n) is 6.95. The molecular formula is C24H29N3O2. The maximum absolute atomic E-state index is 12.8. The van der Waals surface area contributed by atoms with Gasteiger partial charge >= 0.3 is 0 Å². The molecule has 5 heteroatoms. The first-order valence-corrected chi connectivity index (χ1v) is 9.89. The van der Waals surface area contributed by atoms with Crippen LogP contribution in [-0.2, 0) is 4.79 Å². The lowest BCUT2D eigenvalue weighted by Crippen LogP contribution is -2.29. The smallest absolute Gasteiger partial charge is 0.263 e. The summed E-state index contributed by atoms with van der Waals surface area (Å²) in [6.07, 6.45) is 1.61. The standard InChI is InChI=1S/C24H29N3O2/c1-6-27(21-10-8-9-17(3)13-21)16-20(15-25)24(28)26-19(5)22-14-18(4)11-12-23(22)29-7-2/h8-14,16,19H,6-7H2,1-5H3,(H,26,28)/b20-16-. The van der Waals surface area contributed by atoms with E-state index in [0.29, 0.717) is 13.2 Å². The summed E-state index contributed by atoms with van der Waals surface area (Å²) in [4.78, 5) is 14.7. The van der Waals surface area contributed by atoms with E-state index in [0.717, 1.165) is 28.1 Å². The van der Waals surface area contributed by atoms with Crippen LogP contribution in [0.25, 0.3) is 0 Å². The van der Waals surface area contributed by atoms with Crippen molar-refractivity contribution in [1.82, 2.24) is 5.32 Å². The van der Waals surface area contributed by atoms with Gasteiger partial charge in [0.05, 0.1) is 12.6 Å². The van der Waals surface area contributed by atoms with E-state index in [2.05, 4.69) is 5.32 Å². The van der Waals surface area contributed by atoms with Crippen LogP contribution in [0.3, 0.4) is 0 Å². The molecule has 0 saturated heterocycles. The quantitative estimate of drug-likeness (QED) is 0.518. The number of carbonyl (C=O) groups is 1. The molecule has 2 aromatic rings. The lowest BCUT2D eigenvalue weighted by Gasteiger charge is -2.21. The largest absolute Gasteiger partial charge is 0.494 e. The van der Waals surface area contributed by atoms with Crippen molar-refractivity contribution in [3.8, 4) is 11.8 Å². The first-order chi connectivity index (χ1) is 13.9. The van der Waals surface area contributed by atoms with Gasteiger partial charge in [0, 0.05) is 24.0 Å². The molecule has 1 unspecified atom stereocenters. The predicted molar refractivity (Wildman–Crippen MR) is 117 cm³/mol. The number of hydrogen-bond acceptors (Lipinski definition) is 4. The molecule has 1 atom stereocenters. The van der Waals surface area contributed by atoms with Crippen LogP contribution in [0.5, 0.6) is 5.75 Å². The zero-order valence-electron chi connectivity index (χ0n) is 17.8. The van der Waals surface area contributed by atoms with Crippen LogP contribution in [0, 0.1) is 25.2 Å². The summed E-state index contributed by atoms with van der Waals surface area (Å²) >= 11 is 0. The number of aryl methyl sites for hydroxylation is 2. The van der Waals surface area contributed by atoms with Crippen LogP contribution in [0.2, 0.25) is 0 Å². The van der Waals surface area contributed by atoms with Crippen molar-refractivity contribution in [2.24, 2.45) is 0 Å². The Hall–Kier alpha value is -3.26. The summed E-state index contributed by atoms with van der Waals surface area (Å²) in [5.41, 5.74) is 4.10. The van der Waals surface area contributed by atoms with Gasteiger partial charge < -0.3 is 15.0 Å². The van der Waals surface area contributed by atoms with E-state index in [1.54, 1.807) is 6.20 Å². The minimum Gasteiger partial charge on any atom is -0.494 e. The molecule has 0 saturated carbocycles. The van der Waals surface area contributed by atoms with E-state index in [-0.39, 0.29) is 11.6 Å². The fraction of sp³-hybridized carbons (Fsp3) is 0.333. The number of nitrogens with zero attached hydrogens (tertiary/aromatic N) is 2. The van der Waals surface area contributed by atoms with Gasteiger partial charge in [-0.1, -0.05) is 29.8 Å². The molecule has 0 heterocycles. The summed E-state index contributed by atoms with van der Waals surface area (Å²) in [5, 5.41) is 12.5. The number of hydrogen-bond donors (Lipinski definition) is 1. The second kappa shape index (κ2) is 10.3. The van der Waals surface area contributed by atoms with Crippen molar-refractivity contribution < 1.29 is 9.53 Å². The van der Waals surface area contributed by atoms with E-state index < -0.39 is 5.91 Å². The van der Waals surface area contributed by atoms with Crippen molar-refractivity contribution in [3.05, 3.63) is 70.9 Å². The fourth-order valence-electron chi connectivity index (χ4n) is 3.09. The van der Waals surface area contributed by atoms with Crippen molar-refractivity contribution in [2.45, 2.75) is 40.7 Å². The minimum atomic E-state index is -0.407. The molecule has 1 N–H and O–H groups in total. The summed E-state index contributed by atoms with van der Waals surface area (Å²) in [5.74, 6) is 0.332. The van der Waals surface area contributed by atoms with Gasteiger partial charge in [0.25, 0.3) is 5.91 Å². The maximum Gasteiger partial charge on any atom is 0.263 e. The predicted octanol–water partition coefficient (Wildman–Crippen LogP) is 4.81. The van der Waals surface area contributed by atoms with Crippen LogP contribution >= 0.6 is 0 Å². The van der Waals surface area contributed by atoms with Gasteiger partial charge in [-0.2, -0.15) is 5.26 Å². The Kier molecular flexibility index (Phi) is 7.85. The van der Waals surface area contributed by atoms with Crippen molar-refractivity contribution in [1.29, 1.82) is 5.26 Å². The van der Waals surface area contributed by atoms with Crippen LogP contribution in [0.15, 0.2) is 54.2 Å². The molecule has 2 aromatic carbocycles. The minimum absolute atomic E-state index is 0.0609. The summed E-state index contributed by atoms with van der Waals surface area (Å²) in [6, 6.07) is 15.6. The van der Waals surface area contributed by atoms with Crippen LogP contribution in [0.4, 0.5) is 5.69 Å². The number of carbonyl (C=O) groups excluding carboxylic acids is 1. The summed E-state index contributed by atoms with van der Waals surface area (Å²) in [7, 11) is 0. The van der Waals surface area contributed by atoms with Gasteiger partial charge in [-0.05, 0) is 58.4 Å². The van der Waals surface area contributed by atoms with Gasteiger partial charge in [-0.15, -0.1) is 0 Å². The molecule has 0 aliphatic rings. The third-order valence-electron chi connectivity index (χ3n) is 4.60. The highest BCUT2D eigenvalue weighted by molar-refractivity contribution is 5.97. The zero-order chi connectivity index (χ0) is 21.4. The van der Waals surface area contributed by atoms with E-state index in [1.807, 2.05) is 88.1 Å². The Labute approximate surface area is 173 Å². The molecule has 29 heavy (non-hydrogen) atoms. The molecule has 0 spiro atoms. The average molecular weight is 392 g/mol. The Morgan fingerprint density at radius 1 is 1.21 bits per heavy atom. The van der Waals surface area contributed by atoms with E-state index in [9.17, 15) is 10.1 Å². The zero-order valence-corrected chi connectivity index (χ0v) is 17.8. The Morgan fingerprint density at radius 2 is 1.93 bits per heavy atom. The molecule has 0 aliphatic heterocycles. The molecular weight excluding hydrogens is 362 g/mol. The maximum atomic E-state index is 12.8. The molecule has 152 valence electrons. The van der Waals surface area contributed by atoms with Crippen LogP contribution in [0.1, 0.15) is 43.5 Å². The van der Waals surface area contributed by atoms with Gasteiger partial charge in [0.15, 0.2) is 0 Å². The van der Waals surface area contributed by atoms with Crippen LogP contribution < -0.4 is 15.0 Å². The van der Waals surface area contributed by atoms with Crippen molar-refractivity contribution >= 4 is 11.6 Å². The topological polar surface area (TPSA) is 65.4 Å². The second-order valence-corrected chi connectivity index (χ2v) is 6.95. The van der Waals surface area contributed by atoms with Crippen molar-refractivity contribution in [3.63, 3.8) is 0 Å². The Bertz CT molecular complexity index is 928. The highest BCUT2D eigenvalue weighted by Crippen LogP contribution is 2.27. The normalized spacial score (nSPS) is 12.1. The number of amides is 1. The molecule has 1 amide bonds. The van der Waals surface area contributed by atoms with Crippen LogP contribution in [-0.4, -0.2) is 19.1 Å². The van der Waals surface area contributed by atoms with E-state index >= 15 is 0 Å². The molecule has 5 nitrogen and oxygen atoms in total. The summed E-state index contributed by atoms with van der Waals surface area (Å²) in [6.45, 7) is 11.0. The Morgan fingerprint density at radius 3 is 2.55 bits per heavy atom. The Balaban J connectivity index is 2.24. The molecule has 0 aliphatic carbocycles. The van der Waals surface area contributed by atoms with Gasteiger partial charge in [0.2, 0.25) is 0 Å². The number of nitrogens with one attached hydrogen (secondary N) is 1.